The second-order valence-corrected chi connectivity index (χ2v) is 8.61. The van der Waals surface area contributed by atoms with Gasteiger partial charge in [0, 0.05) is 37.3 Å². The van der Waals surface area contributed by atoms with Gasteiger partial charge in [-0.3, -0.25) is 48.8 Å². The molecule has 0 spiro atoms. The van der Waals surface area contributed by atoms with Gasteiger partial charge in [0.25, 0.3) is 5.69 Å². The summed E-state index contributed by atoms with van der Waals surface area (Å²) in [5.74, 6) is -6.56. The molecule has 0 aliphatic heterocycles. The molecular weight excluding hydrogens is 512 g/mol. The third kappa shape index (κ3) is 12.2. The zero-order valence-electron chi connectivity index (χ0n) is 20.5. The van der Waals surface area contributed by atoms with Crippen molar-refractivity contribution < 1.29 is 54.4 Å². The van der Waals surface area contributed by atoms with Crippen LogP contribution < -0.4 is 0 Å². The molecule has 2 atom stereocenters. The molecule has 210 valence electrons. The van der Waals surface area contributed by atoms with Crippen LogP contribution in [0.4, 0.5) is 5.69 Å². The number of nitrogens with zero attached hydrogens (tertiary/aromatic N) is 4. The molecule has 5 N–H and O–H groups in total. The summed E-state index contributed by atoms with van der Waals surface area (Å²) in [5.41, 5.74) is 0.305. The van der Waals surface area contributed by atoms with Gasteiger partial charge in [-0.05, 0) is 18.9 Å². The Morgan fingerprint density at radius 2 is 1.13 bits per heavy atom. The number of hydrogen-bond donors (Lipinski definition) is 5. The number of nitro groups is 1. The van der Waals surface area contributed by atoms with Crippen molar-refractivity contribution in [2.45, 2.75) is 25.4 Å². The summed E-state index contributed by atoms with van der Waals surface area (Å²) in [6, 6.07) is 3.65. The van der Waals surface area contributed by atoms with E-state index in [1.165, 1.54) is 36.1 Å². The molecule has 16 heteroatoms. The highest BCUT2D eigenvalue weighted by Crippen LogP contribution is 2.18. The van der Waals surface area contributed by atoms with Crippen LogP contribution in [0.5, 0.6) is 0 Å². The van der Waals surface area contributed by atoms with E-state index in [2.05, 4.69) is 0 Å². The molecule has 0 amide bonds. The normalized spacial score (nSPS) is 12.8. The largest absolute Gasteiger partial charge is 0.480 e. The van der Waals surface area contributed by atoms with Gasteiger partial charge in [-0.15, -0.1) is 0 Å². The molecule has 0 aliphatic carbocycles. The van der Waals surface area contributed by atoms with E-state index >= 15 is 0 Å². The predicted octanol–water partition coefficient (Wildman–Crippen LogP) is -0.777. The second-order valence-electron chi connectivity index (χ2n) is 8.61. The number of hydrogen-bond acceptors (Lipinski definition) is 10. The van der Waals surface area contributed by atoms with E-state index < -0.39 is 79.6 Å². The molecule has 0 heterocycles. The molecule has 0 fully saturated rings. The van der Waals surface area contributed by atoms with Crippen molar-refractivity contribution in [2.24, 2.45) is 0 Å². The van der Waals surface area contributed by atoms with Crippen LogP contribution >= 0.6 is 0 Å². The number of non-ortho nitro benzene ring substituents is 1. The lowest BCUT2D eigenvalue weighted by Crippen LogP contribution is -2.55. The van der Waals surface area contributed by atoms with Crippen molar-refractivity contribution in [3.8, 4) is 0 Å². The van der Waals surface area contributed by atoms with Crippen molar-refractivity contribution in [1.29, 1.82) is 0 Å². The minimum absolute atomic E-state index is 0.0171. The fourth-order valence-electron chi connectivity index (χ4n) is 4.03. The van der Waals surface area contributed by atoms with Crippen LogP contribution in [-0.2, 0) is 30.4 Å². The topological polar surface area (TPSA) is 239 Å². The Labute approximate surface area is 216 Å². The van der Waals surface area contributed by atoms with E-state index in [9.17, 15) is 49.4 Å². The smallest absolute Gasteiger partial charge is 0.317 e. The minimum atomic E-state index is -1.33. The lowest BCUT2D eigenvalue weighted by Gasteiger charge is -2.39. The molecule has 1 aromatic carbocycles. The van der Waals surface area contributed by atoms with Gasteiger partial charge in [0.15, 0.2) is 0 Å². The van der Waals surface area contributed by atoms with E-state index in [1.807, 2.05) is 0 Å². The Hall–Kier alpha value is -4.15. The lowest BCUT2D eigenvalue weighted by atomic mass is 10.0. The molecule has 0 aliphatic rings. The summed E-state index contributed by atoms with van der Waals surface area (Å²) < 4.78 is 0. The minimum Gasteiger partial charge on any atom is -0.480 e. The SMILES string of the molecule is C[C@@H](CN(CC(=O)O)CC(=O)O)N(CC(=O)O)[C@@H](Cc1ccc([N+](=O)[O-])cc1)CN(CC(=O)O)CC(=O)O. The molecular formula is C22H30N4O12. The molecule has 38 heavy (non-hydrogen) atoms. The maximum absolute atomic E-state index is 11.8. The van der Waals surface area contributed by atoms with E-state index in [1.54, 1.807) is 0 Å². The first-order valence-corrected chi connectivity index (χ1v) is 11.2. The Balaban J connectivity index is 3.42. The number of benzene rings is 1. The van der Waals surface area contributed by atoms with Crippen molar-refractivity contribution >= 4 is 35.5 Å². The average Bonchev–Trinajstić information content (AvgIpc) is 2.75. The van der Waals surface area contributed by atoms with Crippen molar-refractivity contribution in [3.05, 3.63) is 39.9 Å². The van der Waals surface area contributed by atoms with Crippen LogP contribution in [0.2, 0.25) is 0 Å². The first-order chi connectivity index (χ1) is 17.7. The maximum atomic E-state index is 11.8. The first-order valence-electron chi connectivity index (χ1n) is 11.2. The first kappa shape index (κ1) is 31.9. The number of nitro benzene ring substituents is 1. The molecule has 0 saturated heterocycles. The van der Waals surface area contributed by atoms with Crippen LogP contribution in [0.25, 0.3) is 0 Å². The highest BCUT2D eigenvalue weighted by atomic mass is 16.6. The number of carbonyl (C=O) groups is 5. The number of rotatable bonds is 19. The van der Waals surface area contributed by atoms with Crippen LogP contribution in [0.1, 0.15) is 12.5 Å². The standard InChI is InChI=1S/C22H30N4O12/c1-14(7-23(9-18(27)28)10-19(29)30)25(13-22(35)36)17(8-24(11-20(31)32)12-21(33)34)6-15-2-4-16(5-3-15)26(37)38/h2-5,14,17H,6-13H2,1H3,(H,27,28)(H,29,30)(H,31,32)(H,33,34)(H,35,36)/t14-,17-/m0/s1. The highest BCUT2D eigenvalue weighted by molar-refractivity contribution is 5.73. The summed E-state index contributed by atoms with van der Waals surface area (Å²) in [7, 11) is 0. The van der Waals surface area contributed by atoms with Gasteiger partial charge >= 0.3 is 29.8 Å². The van der Waals surface area contributed by atoms with Crippen LogP contribution in [0.3, 0.4) is 0 Å². The Bertz CT molecular complexity index is 984. The van der Waals surface area contributed by atoms with Crippen molar-refractivity contribution in [3.63, 3.8) is 0 Å². The molecule has 0 aromatic heterocycles. The number of carboxylic acids is 5. The van der Waals surface area contributed by atoms with Gasteiger partial charge in [0.2, 0.25) is 0 Å². The third-order valence-electron chi connectivity index (χ3n) is 5.40. The Kier molecular flexibility index (Phi) is 12.7. The van der Waals surface area contributed by atoms with Gasteiger partial charge in [-0.2, -0.15) is 0 Å². The third-order valence-corrected chi connectivity index (χ3v) is 5.40. The van der Waals surface area contributed by atoms with E-state index in [0.29, 0.717) is 5.56 Å². The Morgan fingerprint density at radius 1 is 0.737 bits per heavy atom. The van der Waals surface area contributed by atoms with Gasteiger partial charge in [-0.1, -0.05) is 12.1 Å². The summed E-state index contributed by atoms with van der Waals surface area (Å²) >= 11 is 0. The van der Waals surface area contributed by atoms with Gasteiger partial charge in [0.1, 0.15) is 0 Å². The van der Waals surface area contributed by atoms with Crippen LogP contribution in [0, 0.1) is 10.1 Å². The molecule has 16 nitrogen and oxygen atoms in total. The molecule has 0 saturated carbocycles. The summed E-state index contributed by atoms with van der Waals surface area (Å²) in [5, 5.41) is 57.3. The summed E-state index contributed by atoms with van der Waals surface area (Å²) in [4.78, 5) is 70.8. The summed E-state index contributed by atoms with van der Waals surface area (Å²) in [6.07, 6.45) is 0.0171. The lowest BCUT2D eigenvalue weighted by molar-refractivity contribution is -0.384. The van der Waals surface area contributed by atoms with E-state index in [0.717, 1.165) is 9.80 Å². The fraction of sp³-hybridized carbons (Fsp3) is 0.500. The maximum Gasteiger partial charge on any atom is 0.317 e. The Morgan fingerprint density at radius 3 is 1.50 bits per heavy atom. The molecule has 1 rings (SSSR count). The predicted molar refractivity (Wildman–Crippen MR) is 128 cm³/mol. The number of carboxylic acid groups (broad SMARTS) is 5. The van der Waals surface area contributed by atoms with Gasteiger partial charge < -0.3 is 25.5 Å². The van der Waals surface area contributed by atoms with Crippen LogP contribution in [0.15, 0.2) is 24.3 Å². The van der Waals surface area contributed by atoms with E-state index in [4.69, 9.17) is 10.2 Å². The molecule has 0 radical (unpaired) electrons. The van der Waals surface area contributed by atoms with Crippen molar-refractivity contribution in [2.75, 3.05) is 45.8 Å². The average molecular weight is 542 g/mol. The van der Waals surface area contributed by atoms with Crippen molar-refractivity contribution in [1.82, 2.24) is 14.7 Å². The quantitative estimate of drug-likeness (QED) is 0.106. The monoisotopic (exact) mass is 542 g/mol. The summed E-state index contributed by atoms with van der Waals surface area (Å²) in [6.45, 7) is -2.18. The van der Waals surface area contributed by atoms with E-state index in [-0.39, 0.29) is 25.2 Å². The second kappa shape index (κ2) is 15.2. The van der Waals surface area contributed by atoms with Crippen LogP contribution in [-0.4, -0.2) is 133 Å². The molecule has 0 bridgehead atoms. The zero-order chi connectivity index (χ0) is 29.0. The number of aliphatic carboxylic acids is 5. The highest BCUT2D eigenvalue weighted by Gasteiger charge is 2.31. The molecule has 0 unspecified atom stereocenters. The van der Waals surface area contributed by atoms with Gasteiger partial charge in [0.05, 0.1) is 37.6 Å². The zero-order valence-corrected chi connectivity index (χ0v) is 20.5. The fourth-order valence-corrected chi connectivity index (χ4v) is 4.03. The van der Waals surface area contributed by atoms with Gasteiger partial charge in [-0.25, -0.2) is 0 Å². The molecule has 1 aromatic rings.